The van der Waals surface area contributed by atoms with Crippen LogP contribution in [0.15, 0.2) is 23.0 Å². The molecule has 1 heterocycles. The Morgan fingerprint density at radius 3 is 2.56 bits per heavy atom. The highest BCUT2D eigenvalue weighted by molar-refractivity contribution is 5.17. The molecule has 1 fully saturated rings. The number of hydrogen-bond donors (Lipinski definition) is 1. The minimum absolute atomic E-state index is 0.439. The normalized spacial score (nSPS) is 20.4. The van der Waals surface area contributed by atoms with Crippen molar-refractivity contribution in [1.29, 1.82) is 0 Å². The Morgan fingerprint density at radius 2 is 2.06 bits per heavy atom. The molecule has 1 saturated carbocycles. The van der Waals surface area contributed by atoms with Gasteiger partial charge in [0.05, 0.1) is 12.5 Å². The van der Waals surface area contributed by atoms with E-state index in [1.54, 1.807) is 6.26 Å². The minimum Gasteiger partial charge on any atom is -0.472 e. The molecular formula is C16H27NO. The van der Waals surface area contributed by atoms with Crippen LogP contribution in [-0.4, -0.2) is 6.54 Å². The fraction of sp³-hybridized carbons (Fsp3) is 0.750. The molecule has 1 aromatic heterocycles. The van der Waals surface area contributed by atoms with Crippen molar-refractivity contribution >= 4 is 0 Å². The minimum atomic E-state index is 0.439. The summed E-state index contributed by atoms with van der Waals surface area (Å²) in [5.41, 5.74) is 1.77. The van der Waals surface area contributed by atoms with Crippen LogP contribution in [0.5, 0.6) is 0 Å². The van der Waals surface area contributed by atoms with Crippen LogP contribution >= 0.6 is 0 Å². The molecule has 1 aromatic rings. The van der Waals surface area contributed by atoms with Crippen LogP contribution in [0.2, 0.25) is 0 Å². The van der Waals surface area contributed by atoms with E-state index in [9.17, 15) is 0 Å². The zero-order valence-corrected chi connectivity index (χ0v) is 12.0. The SMILES string of the molecule is CCNC(c1ccoc1)C1(CC(C)C)CCCC1. The zero-order chi connectivity index (χ0) is 13.0. The third kappa shape index (κ3) is 2.80. The Hall–Kier alpha value is -0.760. The van der Waals surface area contributed by atoms with Gasteiger partial charge in [0.1, 0.15) is 0 Å². The summed E-state index contributed by atoms with van der Waals surface area (Å²) in [6, 6.07) is 2.60. The van der Waals surface area contributed by atoms with Gasteiger partial charge in [-0.25, -0.2) is 0 Å². The predicted octanol–water partition coefficient (Wildman–Crippen LogP) is 4.54. The monoisotopic (exact) mass is 249 g/mol. The molecule has 0 amide bonds. The average molecular weight is 249 g/mol. The molecular weight excluding hydrogens is 222 g/mol. The molecule has 0 spiro atoms. The summed E-state index contributed by atoms with van der Waals surface area (Å²) in [5.74, 6) is 0.760. The Balaban J connectivity index is 2.25. The molecule has 0 bridgehead atoms. The summed E-state index contributed by atoms with van der Waals surface area (Å²) in [7, 11) is 0. The number of rotatable bonds is 6. The van der Waals surface area contributed by atoms with E-state index in [1.165, 1.54) is 37.7 Å². The Kier molecular flexibility index (Phi) is 4.50. The van der Waals surface area contributed by atoms with Gasteiger partial charge in [0.15, 0.2) is 0 Å². The van der Waals surface area contributed by atoms with Gasteiger partial charge >= 0.3 is 0 Å². The van der Waals surface area contributed by atoms with Crippen LogP contribution in [0.25, 0.3) is 0 Å². The Bertz CT molecular complexity index is 336. The predicted molar refractivity (Wildman–Crippen MR) is 75.5 cm³/mol. The summed E-state index contributed by atoms with van der Waals surface area (Å²) >= 11 is 0. The van der Waals surface area contributed by atoms with Crippen LogP contribution in [0.1, 0.15) is 64.5 Å². The smallest absolute Gasteiger partial charge is 0.0950 e. The lowest BCUT2D eigenvalue weighted by atomic mass is 9.70. The van der Waals surface area contributed by atoms with Crippen molar-refractivity contribution in [2.75, 3.05) is 6.54 Å². The molecule has 2 rings (SSSR count). The van der Waals surface area contributed by atoms with E-state index < -0.39 is 0 Å². The summed E-state index contributed by atoms with van der Waals surface area (Å²) in [4.78, 5) is 0. The maximum atomic E-state index is 5.31. The van der Waals surface area contributed by atoms with Gasteiger partial charge in [-0.1, -0.05) is 33.6 Å². The third-order valence-corrected chi connectivity index (χ3v) is 4.31. The molecule has 0 saturated heterocycles. The molecule has 0 aliphatic heterocycles. The van der Waals surface area contributed by atoms with Gasteiger partial charge in [-0.15, -0.1) is 0 Å². The van der Waals surface area contributed by atoms with Crippen LogP contribution < -0.4 is 5.32 Å². The molecule has 1 N–H and O–H groups in total. The van der Waals surface area contributed by atoms with Gasteiger partial charge in [0, 0.05) is 11.6 Å². The van der Waals surface area contributed by atoms with E-state index >= 15 is 0 Å². The lowest BCUT2D eigenvalue weighted by Gasteiger charge is -2.39. The highest BCUT2D eigenvalue weighted by atomic mass is 16.3. The molecule has 1 atom stereocenters. The van der Waals surface area contributed by atoms with Gasteiger partial charge in [0.2, 0.25) is 0 Å². The maximum absolute atomic E-state index is 5.31. The van der Waals surface area contributed by atoms with E-state index in [0.29, 0.717) is 11.5 Å². The van der Waals surface area contributed by atoms with E-state index in [-0.39, 0.29) is 0 Å². The number of nitrogens with one attached hydrogen (secondary N) is 1. The lowest BCUT2D eigenvalue weighted by Crippen LogP contribution is -2.37. The van der Waals surface area contributed by atoms with E-state index in [4.69, 9.17) is 4.42 Å². The molecule has 102 valence electrons. The highest BCUT2D eigenvalue weighted by Crippen LogP contribution is 2.51. The first kappa shape index (κ1) is 13.7. The van der Waals surface area contributed by atoms with Gasteiger partial charge in [-0.05, 0) is 43.2 Å². The first-order valence-electron chi connectivity index (χ1n) is 7.43. The van der Waals surface area contributed by atoms with Crippen molar-refractivity contribution in [1.82, 2.24) is 5.32 Å². The van der Waals surface area contributed by atoms with Gasteiger partial charge in [-0.3, -0.25) is 0 Å². The second-order valence-electron chi connectivity index (χ2n) is 6.21. The molecule has 0 radical (unpaired) electrons. The molecule has 2 heteroatoms. The van der Waals surface area contributed by atoms with Crippen LogP contribution in [-0.2, 0) is 0 Å². The van der Waals surface area contributed by atoms with Crippen molar-refractivity contribution in [2.45, 2.75) is 58.9 Å². The second kappa shape index (κ2) is 5.92. The second-order valence-corrected chi connectivity index (χ2v) is 6.21. The number of furan rings is 1. The van der Waals surface area contributed by atoms with Gasteiger partial charge in [-0.2, -0.15) is 0 Å². The number of hydrogen-bond acceptors (Lipinski definition) is 2. The first-order chi connectivity index (χ1) is 8.68. The fourth-order valence-corrected chi connectivity index (χ4v) is 3.83. The van der Waals surface area contributed by atoms with Crippen molar-refractivity contribution < 1.29 is 4.42 Å². The quantitative estimate of drug-likeness (QED) is 0.801. The van der Waals surface area contributed by atoms with E-state index in [1.807, 2.05) is 6.26 Å². The molecule has 0 aromatic carbocycles. The maximum Gasteiger partial charge on any atom is 0.0950 e. The average Bonchev–Trinajstić information content (AvgIpc) is 2.96. The standard InChI is InChI=1S/C16H27NO/c1-4-17-15(14-7-10-18-12-14)16(11-13(2)3)8-5-6-9-16/h7,10,12-13,15,17H,4-6,8-9,11H2,1-3H3. The zero-order valence-electron chi connectivity index (χ0n) is 12.0. The molecule has 2 nitrogen and oxygen atoms in total. The molecule has 1 unspecified atom stereocenters. The molecule has 1 aliphatic carbocycles. The Labute approximate surface area is 111 Å². The van der Waals surface area contributed by atoms with E-state index in [0.717, 1.165) is 12.5 Å². The van der Waals surface area contributed by atoms with Gasteiger partial charge in [0.25, 0.3) is 0 Å². The fourth-order valence-electron chi connectivity index (χ4n) is 3.83. The summed E-state index contributed by atoms with van der Waals surface area (Å²) in [6.45, 7) is 7.91. The van der Waals surface area contributed by atoms with Crippen molar-refractivity contribution in [2.24, 2.45) is 11.3 Å². The summed E-state index contributed by atoms with van der Waals surface area (Å²) in [5, 5.41) is 3.71. The van der Waals surface area contributed by atoms with Crippen LogP contribution in [0.3, 0.4) is 0 Å². The lowest BCUT2D eigenvalue weighted by molar-refractivity contribution is 0.156. The molecule has 1 aliphatic rings. The summed E-state index contributed by atoms with van der Waals surface area (Å²) in [6.07, 6.45) is 10.5. The van der Waals surface area contributed by atoms with Crippen LogP contribution in [0.4, 0.5) is 0 Å². The van der Waals surface area contributed by atoms with Gasteiger partial charge < -0.3 is 9.73 Å². The van der Waals surface area contributed by atoms with E-state index in [2.05, 4.69) is 32.2 Å². The first-order valence-corrected chi connectivity index (χ1v) is 7.43. The van der Waals surface area contributed by atoms with Crippen LogP contribution in [0, 0.1) is 11.3 Å². The van der Waals surface area contributed by atoms with Crippen molar-refractivity contribution in [3.8, 4) is 0 Å². The Morgan fingerprint density at radius 1 is 1.33 bits per heavy atom. The third-order valence-electron chi connectivity index (χ3n) is 4.31. The highest BCUT2D eigenvalue weighted by Gasteiger charge is 2.42. The molecule has 18 heavy (non-hydrogen) atoms. The van der Waals surface area contributed by atoms with Crippen molar-refractivity contribution in [3.05, 3.63) is 24.2 Å². The largest absolute Gasteiger partial charge is 0.472 e. The summed E-state index contributed by atoms with van der Waals surface area (Å²) < 4.78 is 5.31. The van der Waals surface area contributed by atoms with Crippen molar-refractivity contribution in [3.63, 3.8) is 0 Å². The topological polar surface area (TPSA) is 25.2 Å².